The van der Waals surface area contributed by atoms with Crippen molar-refractivity contribution in [2.24, 2.45) is 0 Å². The molecule has 0 aromatic heterocycles. The van der Waals surface area contributed by atoms with Crippen molar-refractivity contribution in [1.82, 2.24) is 10.2 Å². The molecule has 2 aliphatic rings. The number of morpholine rings is 1. The minimum atomic E-state index is -0.571. The number of nitrogens with one attached hydrogen (secondary N) is 1. The molecule has 3 atom stereocenters. The average molecular weight is 411 g/mol. The summed E-state index contributed by atoms with van der Waals surface area (Å²) in [5, 5.41) is 23.0. The molecular weight excluding hydrogens is 380 g/mol. The molecule has 0 saturated carbocycles. The fourth-order valence-corrected chi connectivity index (χ4v) is 4.55. The summed E-state index contributed by atoms with van der Waals surface area (Å²) in [4.78, 5) is 15.1. The lowest BCUT2D eigenvalue weighted by Gasteiger charge is -2.34. The van der Waals surface area contributed by atoms with E-state index in [0.29, 0.717) is 26.1 Å². The second-order valence-corrected chi connectivity index (χ2v) is 8.23. The van der Waals surface area contributed by atoms with E-state index in [1.807, 2.05) is 36.4 Å². The standard InChI is InChI=1S/C24H30N2O4/c27-20-8-5-17(6-9-20)15-19(26-11-13-30-14-12-26)7-10-23(29)25-24-21-4-2-1-3-18(21)16-22(24)28/h1-6,8-9,19,22,24,27-28H,7,10-16H2,(H,25,29)/t19-,22+,24-/m1/s1. The number of nitrogens with zero attached hydrogens (tertiary/aromatic N) is 1. The Balaban J connectivity index is 1.37. The maximum Gasteiger partial charge on any atom is 0.220 e. The van der Waals surface area contributed by atoms with Crippen molar-refractivity contribution in [2.45, 2.75) is 43.9 Å². The zero-order valence-electron chi connectivity index (χ0n) is 17.2. The van der Waals surface area contributed by atoms with E-state index in [1.165, 1.54) is 0 Å². The lowest BCUT2D eigenvalue weighted by Crippen LogP contribution is -2.45. The van der Waals surface area contributed by atoms with Gasteiger partial charge in [0.2, 0.25) is 5.91 Å². The van der Waals surface area contributed by atoms with Gasteiger partial charge in [0.25, 0.3) is 0 Å². The van der Waals surface area contributed by atoms with E-state index in [-0.39, 0.29) is 23.7 Å². The largest absolute Gasteiger partial charge is 0.508 e. The highest BCUT2D eigenvalue weighted by atomic mass is 16.5. The molecule has 2 aromatic rings. The van der Waals surface area contributed by atoms with Crippen LogP contribution in [0, 0.1) is 0 Å². The van der Waals surface area contributed by atoms with Crippen LogP contribution in [0.4, 0.5) is 0 Å². The van der Waals surface area contributed by atoms with Gasteiger partial charge in [0.05, 0.1) is 25.4 Å². The highest BCUT2D eigenvalue weighted by Gasteiger charge is 2.32. The van der Waals surface area contributed by atoms with Gasteiger partial charge in [0.1, 0.15) is 5.75 Å². The molecule has 6 nitrogen and oxygen atoms in total. The van der Waals surface area contributed by atoms with Crippen LogP contribution in [-0.2, 0) is 22.4 Å². The highest BCUT2D eigenvalue weighted by Crippen LogP contribution is 2.31. The van der Waals surface area contributed by atoms with Crippen molar-refractivity contribution in [1.29, 1.82) is 0 Å². The van der Waals surface area contributed by atoms with Crippen molar-refractivity contribution >= 4 is 5.91 Å². The number of carbonyl (C=O) groups is 1. The molecule has 1 heterocycles. The molecule has 30 heavy (non-hydrogen) atoms. The fraction of sp³-hybridized carbons (Fsp3) is 0.458. The van der Waals surface area contributed by atoms with Crippen LogP contribution in [0.5, 0.6) is 5.75 Å². The lowest BCUT2D eigenvalue weighted by molar-refractivity contribution is -0.123. The summed E-state index contributed by atoms with van der Waals surface area (Å²) in [7, 11) is 0. The quantitative estimate of drug-likeness (QED) is 0.652. The lowest BCUT2D eigenvalue weighted by atomic mass is 9.99. The highest BCUT2D eigenvalue weighted by molar-refractivity contribution is 5.76. The van der Waals surface area contributed by atoms with Crippen molar-refractivity contribution in [3.63, 3.8) is 0 Å². The topological polar surface area (TPSA) is 82.0 Å². The molecule has 160 valence electrons. The first-order valence-electron chi connectivity index (χ1n) is 10.7. The predicted molar refractivity (Wildman–Crippen MR) is 114 cm³/mol. The first kappa shape index (κ1) is 20.8. The molecule has 1 fully saturated rings. The zero-order chi connectivity index (χ0) is 20.9. The average Bonchev–Trinajstić information content (AvgIpc) is 3.08. The Morgan fingerprint density at radius 1 is 1.13 bits per heavy atom. The first-order chi connectivity index (χ1) is 14.6. The first-order valence-corrected chi connectivity index (χ1v) is 10.7. The molecule has 3 N–H and O–H groups in total. The maximum absolute atomic E-state index is 12.7. The van der Waals surface area contributed by atoms with Gasteiger partial charge in [-0.2, -0.15) is 0 Å². The van der Waals surface area contributed by atoms with E-state index in [9.17, 15) is 15.0 Å². The number of fused-ring (bicyclic) bond motifs is 1. The van der Waals surface area contributed by atoms with Gasteiger partial charge in [-0.25, -0.2) is 0 Å². The third kappa shape index (κ3) is 5.01. The van der Waals surface area contributed by atoms with Crippen molar-refractivity contribution < 1.29 is 19.7 Å². The fourth-order valence-electron chi connectivity index (χ4n) is 4.55. The smallest absolute Gasteiger partial charge is 0.220 e. The number of carbonyl (C=O) groups excluding carboxylic acids is 1. The summed E-state index contributed by atoms with van der Waals surface area (Å²) < 4.78 is 5.49. The van der Waals surface area contributed by atoms with Crippen molar-refractivity contribution in [3.8, 4) is 5.75 Å². The number of aromatic hydroxyl groups is 1. The number of phenols is 1. The van der Waals surface area contributed by atoms with Crippen LogP contribution in [0.15, 0.2) is 48.5 Å². The van der Waals surface area contributed by atoms with Crippen molar-refractivity contribution in [2.75, 3.05) is 26.3 Å². The molecule has 0 bridgehead atoms. The second-order valence-electron chi connectivity index (χ2n) is 8.23. The molecule has 2 aromatic carbocycles. The number of hydrogen-bond acceptors (Lipinski definition) is 5. The van der Waals surface area contributed by atoms with Gasteiger partial charge in [0, 0.05) is 32.0 Å². The normalized spacial score (nSPS) is 22.4. The molecule has 1 aliphatic heterocycles. The number of aliphatic hydroxyl groups excluding tert-OH is 1. The van der Waals surface area contributed by atoms with Crippen LogP contribution in [0.1, 0.15) is 35.6 Å². The molecule has 0 unspecified atom stereocenters. The number of amides is 1. The number of benzene rings is 2. The Labute approximate surface area is 177 Å². The summed E-state index contributed by atoms with van der Waals surface area (Å²) in [6.07, 6.45) is 1.97. The van der Waals surface area contributed by atoms with E-state index in [4.69, 9.17) is 4.74 Å². The van der Waals surface area contributed by atoms with Crippen LogP contribution in [-0.4, -0.2) is 59.5 Å². The Morgan fingerprint density at radius 2 is 1.87 bits per heavy atom. The second kappa shape index (κ2) is 9.60. The maximum atomic E-state index is 12.7. The monoisotopic (exact) mass is 410 g/mol. The number of aliphatic hydroxyl groups is 1. The molecule has 6 heteroatoms. The van der Waals surface area contributed by atoms with Gasteiger partial charge >= 0.3 is 0 Å². The summed E-state index contributed by atoms with van der Waals surface area (Å²) in [6.45, 7) is 3.14. The molecule has 0 radical (unpaired) electrons. The number of ether oxygens (including phenoxy) is 1. The van der Waals surface area contributed by atoms with Gasteiger partial charge in [-0.15, -0.1) is 0 Å². The zero-order valence-corrected chi connectivity index (χ0v) is 17.2. The Bertz CT molecular complexity index is 849. The van der Waals surface area contributed by atoms with E-state index < -0.39 is 6.10 Å². The van der Waals surface area contributed by atoms with Crippen LogP contribution in [0.3, 0.4) is 0 Å². The molecule has 0 spiro atoms. The van der Waals surface area contributed by atoms with Crippen LogP contribution >= 0.6 is 0 Å². The third-order valence-corrected chi connectivity index (χ3v) is 6.19. The summed E-state index contributed by atoms with van der Waals surface area (Å²) in [5.41, 5.74) is 3.27. The van der Waals surface area contributed by atoms with Crippen molar-refractivity contribution in [3.05, 3.63) is 65.2 Å². The Morgan fingerprint density at radius 3 is 2.63 bits per heavy atom. The number of rotatable bonds is 7. The van der Waals surface area contributed by atoms with Crippen LogP contribution in [0.25, 0.3) is 0 Å². The van der Waals surface area contributed by atoms with Gasteiger partial charge in [-0.1, -0.05) is 36.4 Å². The summed E-state index contributed by atoms with van der Waals surface area (Å²) >= 11 is 0. The van der Waals surface area contributed by atoms with E-state index in [0.717, 1.165) is 42.6 Å². The summed E-state index contributed by atoms with van der Waals surface area (Å²) in [6, 6.07) is 15.1. The van der Waals surface area contributed by atoms with Gasteiger partial charge in [-0.05, 0) is 41.7 Å². The number of hydrogen-bond donors (Lipinski definition) is 3. The predicted octanol–water partition coefficient (Wildman–Crippen LogP) is 2.19. The Hall–Kier alpha value is -2.41. The molecule has 1 aliphatic carbocycles. The minimum Gasteiger partial charge on any atom is -0.508 e. The van der Waals surface area contributed by atoms with Crippen LogP contribution in [0.2, 0.25) is 0 Å². The Kier molecular flexibility index (Phi) is 6.67. The SMILES string of the molecule is O=C(CC[C@H](Cc1ccc(O)cc1)N1CCOCC1)N[C@@H]1c2ccccc2C[C@@H]1O. The number of phenolic OH excluding ortho intramolecular Hbond substituents is 1. The third-order valence-electron chi connectivity index (χ3n) is 6.19. The molecular formula is C24H30N2O4. The van der Waals surface area contributed by atoms with E-state index in [1.54, 1.807) is 12.1 Å². The van der Waals surface area contributed by atoms with E-state index >= 15 is 0 Å². The molecule has 1 saturated heterocycles. The molecule has 4 rings (SSSR count). The minimum absolute atomic E-state index is 0.0280. The van der Waals surface area contributed by atoms with E-state index in [2.05, 4.69) is 10.2 Å². The van der Waals surface area contributed by atoms with Gasteiger partial charge < -0.3 is 20.3 Å². The van der Waals surface area contributed by atoms with Crippen LogP contribution < -0.4 is 5.32 Å². The van der Waals surface area contributed by atoms with Gasteiger partial charge in [0.15, 0.2) is 0 Å². The summed E-state index contributed by atoms with van der Waals surface area (Å²) in [5.74, 6) is 0.233. The van der Waals surface area contributed by atoms with Gasteiger partial charge in [-0.3, -0.25) is 9.69 Å². The molecule has 1 amide bonds.